The van der Waals surface area contributed by atoms with Crippen molar-refractivity contribution in [2.75, 3.05) is 0 Å². The quantitative estimate of drug-likeness (QED) is 0.235. The maximum absolute atomic E-state index is 5.20. The normalized spacial score (nSPS) is 13.1. The van der Waals surface area contributed by atoms with Crippen LogP contribution in [0.4, 0.5) is 0 Å². The van der Waals surface area contributed by atoms with Crippen molar-refractivity contribution >= 4 is 65.7 Å². The Morgan fingerprint density at radius 1 is 0.588 bits per heavy atom. The maximum Gasteiger partial charge on any atom is 0.220 e. The highest BCUT2D eigenvalue weighted by atomic mass is 15.2. The molecule has 8 rings (SSSR count). The fourth-order valence-electron chi connectivity index (χ4n) is 5.76. The Labute approximate surface area is 196 Å². The van der Waals surface area contributed by atoms with E-state index < -0.39 is 0 Å². The number of nitrogens with zero attached hydrogens (tertiary/aromatic N) is 3. The summed E-state index contributed by atoms with van der Waals surface area (Å²) >= 11 is 0. The lowest BCUT2D eigenvalue weighted by molar-refractivity contribution is 0.591. The first-order valence-electron chi connectivity index (χ1n) is 11.9. The Balaban J connectivity index is 1.68. The van der Waals surface area contributed by atoms with Crippen LogP contribution in [0, 0.1) is 0 Å². The van der Waals surface area contributed by atoms with Gasteiger partial charge >= 0.3 is 0 Å². The fourth-order valence-corrected chi connectivity index (χ4v) is 5.76. The van der Waals surface area contributed by atoms with Gasteiger partial charge in [0.25, 0.3) is 0 Å². The molecular formula is C31H23N3. The largest absolute Gasteiger partial charge is 0.277 e. The van der Waals surface area contributed by atoms with Crippen LogP contribution >= 0.6 is 0 Å². The zero-order valence-electron chi connectivity index (χ0n) is 19.4. The van der Waals surface area contributed by atoms with Gasteiger partial charge in [0, 0.05) is 10.8 Å². The van der Waals surface area contributed by atoms with Gasteiger partial charge in [-0.25, -0.2) is 4.98 Å². The average Bonchev–Trinajstić information content (AvgIpc) is 3.45. The molecule has 3 heterocycles. The molecule has 34 heavy (non-hydrogen) atoms. The van der Waals surface area contributed by atoms with E-state index in [1.165, 1.54) is 59.9 Å². The minimum atomic E-state index is 0.0434. The fraction of sp³-hybridized carbons (Fsp3) is 0.129. The topological polar surface area (TPSA) is 21.7 Å². The molecule has 0 saturated carbocycles. The summed E-state index contributed by atoms with van der Waals surface area (Å²) in [5.41, 5.74) is 7.31. The van der Waals surface area contributed by atoms with Crippen LogP contribution in [-0.4, -0.2) is 13.8 Å². The number of rotatable bonds is 0. The minimum Gasteiger partial charge on any atom is -0.277 e. The van der Waals surface area contributed by atoms with Crippen LogP contribution in [0.15, 0.2) is 84.9 Å². The van der Waals surface area contributed by atoms with Crippen LogP contribution in [0.2, 0.25) is 0 Å². The monoisotopic (exact) mass is 437 g/mol. The molecule has 0 radical (unpaired) electrons. The Morgan fingerprint density at radius 3 is 1.88 bits per heavy atom. The molecule has 0 unspecified atom stereocenters. The molecule has 3 aromatic heterocycles. The van der Waals surface area contributed by atoms with Crippen LogP contribution in [0.1, 0.15) is 26.3 Å². The van der Waals surface area contributed by atoms with Gasteiger partial charge in [0.05, 0.1) is 27.6 Å². The molecule has 0 spiro atoms. The lowest BCUT2D eigenvalue weighted by atomic mass is 9.86. The van der Waals surface area contributed by atoms with Gasteiger partial charge in [-0.2, -0.15) is 0 Å². The van der Waals surface area contributed by atoms with Gasteiger partial charge in [-0.05, 0) is 68.9 Å². The molecule has 5 aromatic carbocycles. The molecule has 8 aromatic rings. The van der Waals surface area contributed by atoms with E-state index in [0.29, 0.717) is 0 Å². The zero-order valence-corrected chi connectivity index (χ0v) is 19.4. The summed E-state index contributed by atoms with van der Waals surface area (Å²) in [5.74, 6) is 0.988. The average molecular weight is 438 g/mol. The molecule has 0 amide bonds. The summed E-state index contributed by atoms with van der Waals surface area (Å²) in [6.45, 7) is 6.89. The Bertz CT molecular complexity index is 2100. The standard InChI is InChI=1S/C31H23N3/c1-31(2,3)22-16-24-23-12-18-8-4-6-10-20(18)14-26(23)34-29(24)28(17-22)33-27-15-21-11-7-5-9-19(21)13-25(27)32-30(33)34/h4-17H,1-3H3. The Hall–Kier alpha value is -4.11. The molecule has 0 bridgehead atoms. The number of imidazole rings is 2. The minimum absolute atomic E-state index is 0.0434. The van der Waals surface area contributed by atoms with E-state index in [2.05, 4.69) is 115 Å². The third-order valence-electron chi connectivity index (χ3n) is 7.52. The van der Waals surface area contributed by atoms with Gasteiger partial charge in [0.1, 0.15) is 0 Å². The first kappa shape index (κ1) is 18.3. The number of hydrogen-bond donors (Lipinski definition) is 0. The van der Waals surface area contributed by atoms with Crippen molar-refractivity contribution in [3.05, 3.63) is 90.5 Å². The van der Waals surface area contributed by atoms with E-state index in [9.17, 15) is 0 Å². The second-order valence-corrected chi connectivity index (χ2v) is 10.6. The van der Waals surface area contributed by atoms with Crippen LogP contribution in [-0.2, 0) is 5.41 Å². The summed E-state index contributed by atoms with van der Waals surface area (Å²) in [5, 5.41) is 7.61. The van der Waals surface area contributed by atoms with Crippen molar-refractivity contribution in [1.29, 1.82) is 0 Å². The predicted molar refractivity (Wildman–Crippen MR) is 144 cm³/mol. The van der Waals surface area contributed by atoms with Gasteiger partial charge < -0.3 is 0 Å². The van der Waals surface area contributed by atoms with Crippen molar-refractivity contribution in [2.24, 2.45) is 0 Å². The number of aromatic nitrogens is 3. The molecule has 0 aliphatic heterocycles. The number of hydrogen-bond acceptors (Lipinski definition) is 1. The molecule has 0 fully saturated rings. The second kappa shape index (κ2) is 5.87. The molecule has 0 N–H and O–H groups in total. The van der Waals surface area contributed by atoms with Crippen LogP contribution in [0.5, 0.6) is 0 Å². The van der Waals surface area contributed by atoms with E-state index in [1.807, 2.05) is 0 Å². The van der Waals surface area contributed by atoms with Gasteiger partial charge in [-0.3, -0.25) is 8.80 Å². The molecule has 0 saturated heterocycles. The molecule has 0 aliphatic rings. The van der Waals surface area contributed by atoms with Crippen LogP contribution in [0.3, 0.4) is 0 Å². The van der Waals surface area contributed by atoms with E-state index in [0.717, 1.165) is 11.3 Å². The number of fused-ring (bicyclic) bond motifs is 10. The number of benzene rings is 5. The van der Waals surface area contributed by atoms with Crippen molar-refractivity contribution in [2.45, 2.75) is 26.2 Å². The van der Waals surface area contributed by atoms with E-state index in [1.54, 1.807) is 0 Å². The van der Waals surface area contributed by atoms with E-state index >= 15 is 0 Å². The van der Waals surface area contributed by atoms with Crippen LogP contribution < -0.4 is 0 Å². The summed E-state index contributed by atoms with van der Waals surface area (Å²) in [6.07, 6.45) is 0. The summed E-state index contributed by atoms with van der Waals surface area (Å²) in [7, 11) is 0. The van der Waals surface area contributed by atoms with Gasteiger partial charge in [-0.15, -0.1) is 0 Å². The maximum atomic E-state index is 5.20. The Kier molecular flexibility index (Phi) is 3.16. The van der Waals surface area contributed by atoms with Crippen molar-refractivity contribution in [3.63, 3.8) is 0 Å². The summed E-state index contributed by atoms with van der Waals surface area (Å²) in [4.78, 5) is 5.20. The SMILES string of the molecule is CC(C)(C)c1cc2c3cc4ccccc4cc3n3c2c(c1)n1c2cc4ccccc4cc2nc13. The lowest BCUT2D eigenvalue weighted by Crippen LogP contribution is -2.10. The first-order valence-corrected chi connectivity index (χ1v) is 11.9. The molecule has 162 valence electrons. The highest BCUT2D eigenvalue weighted by molar-refractivity contribution is 6.19. The van der Waals surface area contributed by atoms with E-state index in [-0.39, 0.29) is 5.41 Å². The van der Waals surface area contributed by atoms with Crippen molar-refractivity contribution < 1.29 is 0 Å². The molecule has 3 nitrogen and oxygen atoms in total. The lowest BCUT2D eigenvalue weighted by Gasteiger charge is -2.19. The third-order valence-corrected chi connectivity index (χ3v) is 7.52. The van der Waals surface area contributed by atoms with E-state index in [4.69, 9.17) is 4.98 Å². The summed E-state index contributed by atoms with van der Waals surface area (Å²) in [6, 6.07) is 31.2. The Morgan fingerprint density at radius 2 is 1.21 bits per heavy atom. The molecule has 3 heteroatoms. The van der Waals surface area contributed by atoms with Crippen LogP contribution in [0.25, 0.3) is 65.7 Å². The molecule has 0 atom stereocenters. The van der Waals surface area contributed by atoms with Crippen molar-refractivity contribution in [1.82, 2.24) is 13.8 Å². The molecular weight excluding hydrogens is 414 g/mol. The smallest absolute Gasteiger partial charge is 0.220 e. The van der Waals surface area contributed by atoms with Gasteiger partial charge in [0.15, 0.2) is 0 Å². The highest BCUT2D eigenvalue weighted by Gasteiger charge is 2.24. The molecule has 0 aliphatic carbocycles. The third kappa shape index (κ3) is 2.19. The van der Waals surface area contributed by atoms with Gasteiger partial charge in [0.2, 0.25) is 5.78 Å². The highest BCUT2D eigenvalue weighted by Crippen LogP contribution is 2.41. The summed E-state index contributed by atoms with van der Waals surface area (Å²) < 4.78 is 4.75. The first-order chi connectivity index (χ1) is 16.5. The predicted octanol–water partition coefficient (Wildman–Crippen LogP) is 8.09. The second-order valence-electron chi connectivity index (χ2n) is 10.6. The zero-order chi connectivity index (χ0) is 22.8. The van der Waals surface area contributed by atoms with Crippen molar-refractivity contribution in [3.8, 4) is 0 Å². The van der Waals surface area contributed by atoms with Gasteiger partial charge in [-0.1, -0.05) is 69.3 Å².